The fourth-order valence-corrected chi connectivity index (χ4v) is 3.90. The number of nitrogens with zero attached hydrogens (tertiary/aromatic N) is 2. The van der Waals surface area contributed by atoms with Gasteiger partial charge in [0.05, 0.1) is 25.6 Å². The molecule has 6 nitrogen and oxygen atoms in total. The molecule has 0 aliphatic carbocycles. The smallest absolute Gasteiger partial charge is 0.224 e. The first-order valence-electron chi connectivity index (χ1n) is 10.3. The van der Waals surface area contributed by atoms with Crippen LogP contribution in [0.4, 0.5) is 11.4 Å². The molecule has 0 aromatic heterocycles. The highest BCUT2D eigenvalue weighted by molar-refractivity contribution is 6.31. The Morgan fingerprint density at radius 2 is 1.83 bits per heavy atom. The van der Waals surface area contributed by atoms with Gasteiger partial charge in [-0.25, -0.2) is 0 Å². The number of carbonyl (C=O) groups excluding carboxylic acids is 1. The van der Waals surface area contributed by atoms with Gasteiger partial charge < -0.3 is 24.6 Å². The van der Waals surface area contributed by atoms with Crippen LogP contribution >= 0.6 is 11.6 Å². The van der Waals surface area contributed by atoms with Gasteiger partial charge >= 0.3 is 0 Å². The van der Waals surface area contributed by atoms with Gasteiger partial charge in [-0.15, -0.1) is 0 Å². The summed E-state index contributed by atoms with van der Waals surface area (Å²) in [7, 11) is 3.25. The summed E-state index contributed by atoms with van der Waals surface area (Å²) < 4.78 is 10.7. The quantitative estimate of drug-likeness (QED) is 0.682. The summed E-state index contributed by atoms with van der Waals surface area (Å²) in [4.78, 5) is 17.5. The van der Waals surface area contributed by atoms with Crippen molar-refractivity contribution in [3.63, 3.8) is 0 Å². The van der Waals surface area contributed by atoms with Crippen molar-refractivity contribution in [1.29, 1.82) is 0 Å². The van der Waals surface area contributed by atoms with Crippen LogP contribution in [0.25, 0.3) is 0 Å². The minimum atomic E-state index is -0.0596. The summed E-state index contributed by atoms with van der Waals surface area (Å²) in [6.07, 6.45) is 0.885. The second-order valence-corrected chi connectivity index (χ2v) is 7.75. The Morgan fingerprint density at radius 3 is 2.50 bits per heavy atom. The maximum atomic E-state index is 12.7. The number of carbonyl (C=O) groups is 1. The van der Waals surface area contributed by atoms with Crippen molar-refractivity contribution in [2.45, 2.75) is 19.8 Å². The Labute approximate surface area is 183 Å². The molecule has 0 radical (unpaired) electrons. The number of anilines is 2. The Hall–Kier alpha value is -2.44. The van der Waals surface area contributed by atoms with E-state index in [4.69, 9.17) is 21.1 Å². The molecule has 0 spiro atoms. The first-order chi connectivity index (χ1) is 14.5. The molecule has 7 heteroatoms. The lowest BCUT2D eigenvalue weighted by molar-refractivity contribution is -0.116. The summed E-state index contributed by atoms with van der Waals surface area (Å²) >= 11 is 6.22. The zero-order valence-electron chi connectivity index (χ0n) is 17.9. The number of benzene rings is 2. The number of likely N-dealkylation sites (N-methyl/N-ethyl adjacent to an activating group) is 1. The molecule has 30 heavy (non-hydrogen) atoms. The van der Waals surface area contributed by atoms with Crippen molar-refractivity contribution >= 4 is 28.9 Å². The normalized spacial score (nSPS) is 14.5. The third-order valence-electron chi connectivity index (χ3n) is 5.50. The van der Waals surface area contributed by atoms with Gasteiger partial charge in [-0.05, 0) is 54.9 Å². The second-order valence-electron chi connectivity index (χ2n) is 7.31. The first-order valence-corrected chi connectivity index (χ1v) is 10.7. The van der Waals surface area contributed by atoms with E-state index in [2.05, 4.69) is 22.0 Å². The van der Waals surface area contributed by atoms with E-state index in [0.29, 0.717) is 17.9 Å². The highest BCUT2D eigenvalue weighted by Gasteiger charge is 2.19. The van der Waals surface area contributed by atoms with Gasteiger partial charge in [0.1, 0.15) is 11.5 Å². The van der Waals surface area contributed by atoms with E-state index in [1.54, 1.807) is 14.2 Å². The van der Waals surface area contributed by atoms with E-state index in [0.717, 1.165) is 61.2 Å². The van der Waals surface area contributed by atoms with Crippen molar-refractivity contribution in [1.82, 2.24) is 4.90 Å². The Balaban J connectivity index is 1.67. The number of amides is 1. The van der Waals surface area contributed by atoms with E-state index in [9.17, 15) is 4.79 Å². The van der Waals surface area contributed by atoms with E-state index in [1.807, 2.05) is 36.4 Å². The molecule has 0 bridgehead atoms. The number of ether oxygens (including phenoxy) is 2. The number of halogens is 1. The number of nitrogens with one attached hydrogen (secondary N) is 1. The number of rotatable bonds is 8. The molecule has 0 atom stereocenters. The van der Waals surface area contributed by atoms with Crippen LogP contribution in [0.5, 0.6) is 11.5 Å². The average Bonchev–Trinajstić information content (AvgIpc) is 2.77. The molecule has 2 aromatic carbocycles. The maximum Gasteiger partial charge on any atom is 0.224 e. The highest BCUT2D eigenvalue weighted by atomic mass is 35.5. The van der Waals surface area contributed by atoms with Gasteiger partial charge in [-0.2, -0.15) is 0 Å². The molecule has 162 valence electrons. The van der Waals surface area contributed by atoms with E-state index < -0.39 is 0 Å². The van der Waals surface area contributed by atoms with Gasteiger partial charge in [0, 0.05) is 37.6 Å². The molecule has 1 fully saturated rings. The van der Waals surface area contributed by atoms with Crippen molar-refractivity contribution in [3.8, 4) is 11.5 Å². The van der Waals surface area contributed by atoms with Gasteiger partial charge in [-0.3, -0.25) is 4.79 Å². The lowest BCUT2D eigenvalue weighted by atomic mass is 10.1. The molecule has 1 aliphatic rings. The van der Waals surface area contributed by atoms with E-state index in [-0.39, 0.29) is 5.91 Å². The largest absolute Gasteiger partial charge is 0.497 e. The van der Waals surface area contributed by atoms with Crippen molar-refractivity contribution in [2.24, 2.45) is 0 Å². The summed E-state index contributed by atoms with van der Waals surface area (Å²) in [5.74, 6) is 1.44. The summed E-state index contributed by atoms with van der Waals surface area (Å²) in [5, 5.41) is 3.67. The molecule has 1 amide bonds. The average molecular weight is 432 g/mol. The molecule has 1 heterocycles. The van der Waals surface area contributed by atoms with Crippen LogP contribution in [0.2, 0.25) is 5.02 Å². The van der Waals surface area contributed by atoms with E-state index in [1.165, 1.54) is 0 Å². The van der Waals surface area contributed by atoms with Crippen LogP contribution in [-0.2, 0) is 11.2 Å². The van der Waals surface area contributed by atoms with Crippen LogP contribution in [-0.4, -0.2) is 57.8 Å². The number of hydrogen-bond donors (Lipinski definition) is 1. The number of piperazine rings is 1. The van der Waals surface area contributed by atoms with Crippen molar-refractivity contribution in [2.75, 3.05) is 57.2 Å². The van der Waals surface area contributed by atoms with Crippen LogP contribution in [0.15, 0.2) is 36.4 Å². The number of aryl methyl sites for hydroxylation is 1. The summed E-state index contributed by atoms with van der Waals surface area (Å²) in [5.41, 5.74) is 2.71. The number of hydrogen-bond acceptors (Lipinski definition) is 5. The molecular weight excluding hydrogens is 402 g/mol. The number of methoxy groups -OCH3 is 2. The molecule has 0 unspecified atom stereocenters. The fraction of sp³-hybridized carbons (Fsp3) is 0.435. The van der Waals surface area contributed by atoms with E-state index >= 15 is 0 Å². The Kier molecular flexibility index (Phi) is 7.82. The van der Waals surface area contributed by atoms with Gasteiger partial charge in [0.25, 0.3) is 0 Å². The molecule has 0 saturated carbocycles. The third-order valence-corrected chi connectivity index (χ3v) is 5.74. The standard InChI is InChI=1S/C23H30ClN3O3/c1-4-26-11-13-27(14-12-26)21-8-6-18(24)16-20(21)25-23(28)10-5-17-15-19(29-2)7-9-22(17)30-3/h6-9,15-16H,4-5,10-14H2,1-3H3,(H,25,28). The predicted octanol–water partition coefficient (Wildman–Crippen LogP) is 4.07. The highest BCUT2D eigenvalue weighted by Crippen LogP contribution is 2.31. The molecule has 1 N–H and O–H groups in total. The SMILES string of the molecule is CCN1CCN(c2ccc(Cl)cc2NC(=O)CCc2cc(OC)ccc2OC)CC1. The summed E-state index contributed by atoms with van der Waals surface area (Å²) in [6, 6.07) is 11.3. The molecule has 3 rings (SSSR count). The van der Waals surface area contributed by atoms with Crippen LogP contribution < -0.4 is 19.7 Å². The Bertz CT molecular complexity index is 867. The first kappa shape index (κ1) is 22.2. The van der Waals surface area contributed by atoms with Crippen molar-refractivity contribution < 1.29 is 14.3 Å². The zero-order chi connectivity index (χ0) is 21.5. The van der Waals surface area contributed by atoms with Gasteiger partial charge in [-0.1, -0.05) is 18.5 Å². The summed E-state index contributed by atoms with van der Waals surface area (Å²) in [6.45, 7) is 7.13. The van der Waals surface area contributed by atoms with Gasteiger partial charge in [0.2, 0.25) is 5.91 Å². The monoisotopic (exact) mass is 431 g/mol. The van der Waals surface area contributed by atoms with Crippen LogP contribution in [0.3, 0.4) is 0 Å². The van der Waals surface area contributed by atoms with Crippen LogP contribution in [0, 0.1) is 0 Å². The van der Waals surface area contributed by atoms with Gasteiger partial charge in [0.15, 0.2) is 0 Å². The topological polar surface area (TPSA) is 54.0 Å². The van der Waals surface area contributed by atoms with Crippen LogP contribution in [0.1, 0.15) is 18.9 Å². The lowest BCUT2D eigenvalue weighted by Gasteiger charge is -2.36. The molecular formula is C23H30ClN3O3. The third kappa shape index (κ3) is 5.58. The predicted molar refractivity (Wildman–Crippen MR) is 122 cm³/mol. The zero-order valence-corrected chi connectivity index (χ0v) is 18.7. The maximum absolute atomic E-state index is 12.7. The molecule has 2 aromatic rings. The van der Waals surface area contributed by atoms with Crippen molar-refractivity contribution in [3.05, 3.63) is 47.0 Å². The molecule has 1 saturated heterocycles. The minimum Gasteiger partial charge on any atom is -0.497 e. The minimum absolute atomic E-state index is 0.0596. The second kappa shape index (κ2) is 10.5. The fourth-order valence-electron chi connectivity index (χ4n) is 3.73. The Morgan fingerprint density at radius 1 is 1.07 bits per heavy atom. The molecule has 1 aliphatic heterocycles. The lowest BCUT2D eigenvalue weighted by Crippen LogP contribution is -2.46.